The van der Waals surface area contributed by atoms with E-state index in [1.807, 2.05) is 38.1 Å². The van der Waals surface area contributed by atoms with Gasteiger partial charge in [-0.3, -0.25) is 4.90 Å². The minimum Gasteiger partial charge on any atom is -0.496 e. The summed E-state index contributed by atoms with van der Waals surface area (Å²) in [5.41, 5.74) is 4.74. The number of carbonyl (C=O) groups is 1. The Bertz CT molecular complexity index is 1280. The molecule has 0 aromatic heterocycles. The van der Waals surface area contributed by atoms with Crippen molar-refractivity contribution in [2.75, 3.05) is 25.6 Å². The number of carbonyl (C=O) groups excluding carboxylic acids is 1. The first kappa shape index (κ1) is 26.0. The highest BCUT2D eigenvalue weighted by Crippen LogP contribution is 2.42. The van der Waals surface area contributed by atoms with Crippen LogP contribution in [0.1, 0.15) is 37.3 Å². The zero-order chi connectivity index (χ0) is 26.6. The Morgan fingerprint density at radius 2 is 1.84 bits per heavy atom. The van der Waals surface area contributed by atoms with Crippen molar-refractivity contribution >= 4 is 11.7 Å². The lowest BCUT2D eigenvalue weighted by atomic mass is 9.99. The van der Waals surface area contributed by atoms with E-state index in [1.165, 1.54) is 12.1 Å². The Hall–Kier alpha value is -3.58. The first-order chi connectivity index (χ1) is 18.4. The SMILES string of the molecule is CCOc1cc(CN2CC[C@H]3C(NC(=O)Nc4cccc(C)c4)CC[C@H]32)cc(OC)c1-c1ccc(F)cc1. The second-order valence-electron chi connectivity index (χ2n) is 10.3. The molecule has 0 radical (unpaired) electrons. The maximum atomic E-state index is 13.5. The predicted molar refractivity (Wildman–Crippen MR) is 148 cm³/mol. The van der Waals surface area contributed by atoms with E-state index in [4.69, 9.17) is 9.47 Å². The molecule has 5 rings (SSSR count). The average Bonchev–Trinajstić information content (AvgIpc) is 3.48. The van der Waals surface area contributed by atoms with Crippen LogP contribution in [0.3, 0.4) is 0 Å². The molecule has 3 atom stereocenters. The Morgan fingerprint density at radius 1 is 1.05 bits per heavy atom. The zero-order valence-corrected chi connectivity index (χ0v) is 22.3. The number of nitrogens with zero attached hydrogens (tertiary/aromatic N) is 1. The Kier molecular flexibility index (Phi) is 7.84. The summed E-state index contributed by atoms with van der Waals surface area (Å²) < 4.78 is 25.4. The lowest BCUT2D eigenvalue weighted by Crippen LogP contribution is -2.41. The summed E-state index contributed by atoms with van der Waals surface area (Å²) in [6, 6.07) is 18.9. The summed E-state index contributed by atoms with van der Waals surface area (Å²) in [5.74, 6) is 1.61. The lowest BCUT2D eigenvalue weighted by Gasteiger charge is -2.25. The van der Waals surface area contributed by atoms with Crippen molar-refractivity contribution in [3.05, 3.63) is 77.6 Å². The Morgan fingerprint density at radius 3 is 2.58 bits per heavy atom. The Labute approximate surface area is 224 Å². The van der Waals surface area contributed by atoms with Gasteiger partial charge in [0, 0.05) is 24.3 Å². The molecule has 3 aromatic rings. The lowest BCUT2D eigenvalue weighted by molar-refractivity contribution is 0.225. The fraction of sp³-hybridized carbons (Fsp3) is 0.387. The van der Waals surface area contributed by atoms with E-state index in [-0.39, 0.29) is 17.9 Å². The van der Waals surface area contributed by atoms with E-state index < -0.39 is 0 Å². The van der Waals surface area contributed by atoms with Crippen LogP contribution in [0.2, 0.25) is 0 Å². The molecule has 2 fully saturated rings. The average molecular weight is 518 g/mol. The number of fused-ring (bicyclic) bond motifs is 1. The molecule has 1 aliphatic heterocycles. The molecule has 3 aromatic carbocycles. The third kappa shape index (κ3) is 5.63. The van der Waals surface area contributed by atoms with Crippen LogP contribution >= 0.6 is 0 Å². The third-order valence-corrected chi connectivity index (χ3v) is 7.76. The summed E-state index contributed by atoms with van der Waals surface area (Å²) in [6.07, 6.45) is 3.09. The van der Waals surface area contributed by atoms with Gasteiger partial charge in [0.2, 0.25) is 0 Å². The van der Waals surface area contributed by atoms with Crippen molar-refractivity contribution in [3.63, 3.8) is 0 Å². The van der Waals surface area contributed by atoms with Crippen molar-refractivity contribution in [1.29, 1.82) is 0 Å². The smallest absolute Gasteiger partial charge is 0.319 e. The van der Waals surface area contributed by atoms with Gasteiger partial charge in [-0.2, -0.15) is 0 Å². The number of urea groups is 1. The molecule has 200 valence electrons. The van der Waals surface area contributed by atoms with E-state index in [2.05, 4.69) is 27.7 Å². The van der Waals surface area contributed by atoms with Gasteiger partial charge >= 0.3 is 6.03 Å². The summed E-state index contributed by atoms with van der Waals surface area (Å²) in [6.45, 7) is 6.26. The minimum atomic E-state index is -0.275. The van der Waals surface area contributed by atoms with Gasteiger partial charge in [-0.15, -0.1) is 0 Å². The fourth-order valence-electron chi connectivity index (χ4n) is 6.11. The predicted octanol–water partition coefficient (Wildman–Crippen LogP) is 6.38. The highest BCUT2D eigenvalue weighted by Gasteiger charge is 2.44. The fourth-order valence-corrected chi connectivity index (χ4v) is 6.11. The van der Waals surface area contributed by atoms with E-state index in [9.17, 15) is 9.18 Å². The summed E-state index contributed by atoms with van der Waals surface area (Å²) in [5, 5.41) is 6.21. The third-order valence-electron chi connectivity index (χ3n) is 7.76. The van der Waals surface area contributed by atoms with Crippen LogP contribution < -0.4 is 20.1 Å². The number of anilines is 1. The number of aryl methyl sites for hydroxylation is 1. The van der Waals surface area contributed by atoms with Gasteiger partial charge in [-0.1, -0.05) is 24.3 Å². The first-order valence-electron chi connectivity index (χ1n) is 13.4. The number of methoxy groups -OCH3 is 1. The van der Waals surface area contributed by atoms with Gasteiger partial charge in [0.05, 0.1) is 19.3 Å². The standard InChI is InChI=1S/C31H36FN3O3/c1-4-38-29-18-21(17-28(37-3)30(29)22-8-10-23(32)11-9-22)19-35-15-14-25-26(12-13-27(25)35)34-31(36)33-24-7-5-6-20(2)16-24/h5-11,16-18,25-27H,4,12-15,19H2,1-3H3,(H2,33,34,36)/t25-,26?,27+/m0/s1. The molecule has 1 heterocycles. The van der Waals surface area contributed by atoms with Crippen LogP contribution in [0.5, 0.6) is 11.5 Å². The second kappa shape index (κ2) is 11.4. The number of amides is 2. The van der Waals surface area contributed by atoms with Crippen molar-refractivity contribution in [2.45, 2.75) is 51.7 Å². The highest BCUT2D eigenvalue weighted by atomic mass is 19.1. The molecule has 1 aliphatic carbocycles. The van der Waals surface area contributed by atoms with Crippen LogP contribution in [-0.4, -0.2) is 43.3 Å². The molecule has 1 saturated carbocycles. The van der Waals surface area contributed by atoms with Crippen LogP contribution in [0, 0.1) is 18.7 Å². The van der Waals surface area contributed by atoms with Crippen molar-refractivity contribution in [1.82, 2.24) is 10.2 Å². The van der Waals surface area contributed by atoms with Gasteiger partial charge in [0.15, 0.2) is 0 Å². The number of halogens is 1. The van der Waals surface area contributed by atoms with Gasteiger partial charge < -0.3 is 20.1 Å². The van der Waals surface area contributed by atoms with Gasteiger partial charge in [0.1, 0.15) is 17.3 Å². The van der Waals surface area contributed by atoms with Crippen LogP contribution in [0.4, 0.5) is 14.9 Å². The normalized spacial score (nSPS) is 20.7. The topological polar surface area (TPSA) is 62.8 Å². The van der Waals surface area contributed by atoms with Crippen LogP contribution in [0.25, 0.3) is 11.1 Å². The van der Waals surface area contributed by atoms with E-state index in [0.717, 1.165) is 66.0 Å². The number of nitrogens with one attached hydrogen (secondary N) is 2. The molecule has 7 heteroatoms. The quantitative estimate of drug-likeness (QED) is 0.364. The largest absolute Gasteiger partial charge is 0.496 e. The van der Waals surface area contributed by atoms with E-state index in [1.54, 1.807) is 19.2 Å². The summed E-state index contributed by atoms with van der Waals surface area (Å²) in [7, 11) is 1.66. The molecule has 0 bridgehead atoms. The van der Waals surface area contributed by atoms with Gasteiger partial charge in [-0.25, -0.2) is 9.18 Å². The van der Waals surface area contributed by atoms with Gasteiger partial charge in [0.25, 0.3) is 0 Å². The van der Waals surface area contributed by atoms with Crippen LogP contribution in [-0.2, 0) is 6.54 Å². The molecule has 2 aliphatic rings. The van der Waals surface area contributed by atoms with Crippen molar-refractivity contribution in [3.8, 4) is 22.6 Å². The molecule has 1 saturated heterocycles. The summed E-state index contributed by atoms with van der Waals surface area (Å²) in [4.78, 5) is 15.2. The maximum absolute atomic E-state index is 13.5. The highest BCUT2D eigenvalue weighted by molar-refractivity contribution is 5.89. The molecule has 2 N–H and O–H groups in total. The molecular weight excluding hydrogens is 481 g/mol. The molecule has 0 spiro atoms. The number of ether oxygens (including phenoxy) is 2. The molecule has 1 unspecified atom stereocenters. The van der Waals surface area contributed by atoms with Crippen molar-refractivity contribution in [2.24, 2.45) is 5.92 Å². The Balaban J connectivity index is 1.28. The zero-order valence-electron chi connectivity index (χ0n) is 22.3. The first-order valence-corrected chi connectivity index (χ1v) is 13.4. The molecule has 38 heavy (non-hydrogen) atoms. The number of hydrogen-bond donors (Lipinski definition) is 2. The van der Waals surface area contributed by atoms with Crippen molar-refractivity contribution < 1.29 is 18.7 Å². The number of hydrogen-bond acceptors (Lipinski definition) is 4. The van der Waals surface area contributed by atoms with Gasteiger partial charge in [-0.05, 0) is 98.7 Å². The number of likely N-dealkylation sites (tertiary alicyclic amines) is 1. The van der Waals surface area contributed by atoms with Crippen LogP contribution in [0.15, 0.2) is 60.7 Å². The number of rotatable bonds is 8. The van der Waals surface area contributed by atoms with E-state index >= 15 is 0 Å². The summed E-state index contributed by atoms with van der Waals surface area (Å²) >= 11 is 0. The monoisotopic (exact) mass is 517 g/mol. The minimum absolute atomic E-state index is 0.137. The molecule has 2 amide bonds. The maximum Gasteiger partial charge on any atom is 0.319 e. The number of benzene rings is 3. The molecular formula is C31H36FN3O3. The molecule has 6 nitrogen and oxygen atoms in total. The van der Waals surface area contributed by atoms with E-state index in [0.29, 0.717) is 24.3 Å². The second-order valence-corrected chi connectivity index (χ2v) is 10.3.